The molecule has 3 fully saturated rings. The predicted molar refractivity (Wildman–Crippen MR) is 189 cm³/mol. The van der Waals surface area contributed by atoms with E-state index in [1.165, 1.54) is 37.5 Å². The number of aromatic nitrogens is 2. The molecule has 56 heavy (non-hydrogen) atoms. The summed E-state index contributed by atoms with van der Waals surface area (Å²) in [5, 5.41) is 36.2. The summed E-state index contributed by atoms with van der Waals surface area (Å²) in [6.07, 6.45) is -8.55. The average Bonchev–Trinajstić information content (AvgIpc) is 3.49. The first-order valence-corrected chi connectivity index (χ1v) is 18.1. The topological polar surface area (TPSA) is 242 Å². The third-order valence-corrected chi connectivity index (χ3v) is 12.2. The molecule has 18 nitrogen and oxygen atoms in total. The molecule has 4 aliphatic rings. The smallest absolute Gasteiger partial charge is 0.455 e. The van der Waals surface area contributed by atoms with Crippen molar-refractivity contribution >= 4 is 35.7 Å². The number of nitro groups is 1. The van der Waals surface area contributed by atoms with E-state index in [0.717, 1.165) is 20.0 Å². The van der Waals surface area contributed by atoms with E-state index >= 15 is 4.79 Å². The van der Waals surface area contributed by atoms with Crippen LogP contribution in [0, 0.1) is 33.8 Å². The molecule has 3 aliphatic carbocycles. The van der Waals surface area contributed by atoms with Gasteiger partial charge >= 0.3 is 29.9 Å². The number of imidazole rings is 1. The average molecular weight is 784 g/mol. The Bertz CT molecular complexity index is 1990. The highest BCUT2D eigenvalue weighted by molar-refractivity contribution is 5.95. The number of esters is 3. The van der Waals surface area contributed by atoms with Crippen LogP contribution in [0.5, 0.6) is 0 Å². The fourth-order valence-electron chi connectivity index (χ4n) is 9.30. The van der Waals surface area contributed by atoms with Gasteiger partial charge in [0.25, 0.3) is 0 Å². The Kier molecular flexibility index (Phi) is 10.4. The van der Waals surface area contributed by atoms with Crippen LogP contribution >= 0.6 is 0 Å². The maximum Gasteiger partial charge on any atom is 0.508 e. The number of ketones is 1. The van der Waals surface area contributed by atoms with E-state index < -0.39 is 106 Å². The van der Waals surface area contributed by atoms with Gasteiger partial charge in [-0.2, -0.15) is 0 Å². The van der Waals surface area contributed by atoms with Crippen LogP contribution in [0.15, 0.2) is 47.7 Å². The molecule has 0 amide bonds. The molecule has 2 N–H and O–H groups in total. The highest BCUT2D eigenvalue weighted by Gasteiger charge is 2.79. The van der Waals surface area contributed by atoms with Gasteiger partial charge in [0.05, 0.1) is 29.6 Å². The second kappa shape index (κ2) is 14.4. The van der Waals surface area contributed by atoms with Crippen LogP contribution in [0.25, 0.3) is 0 Å². The number of aryl methyl sites for hydroxylation is 1. The standard InChI is InChI=1S/C38H45N3O15/c1-19-24(44)16-38(48)32(55-33(46)23-11-9-8-10-12-23)30-36(7,31(45)29(53-21(3)42)28(19)35(38,5)6)25(15-26-37(30,18-52-26)56-22(4)43)54-34(47)51-14-13-40-20(2)39-17-27(40)41(49)50/h8-12,17,24-26,29-30,32,44,48H,13-16,18H2,1-7H3/t24-,25-,26+,29?,30-,32-,36+,37-,38+/m0/s1. The van der Waals surface area contributed by atoms with Gasteiger partial charge in [0.15, 0.2) is 23.3 Å². The number of ether oxygens (including phenoxy) is 6. The van der Waals surface area contributed by atoms with Crippen LogP contribution in [0.2, 0.25) is 0 Å². The van der Waals surface area contributed by atoms with E-state index in [-0.39, 0.29) is 47.9 Å². The Morgan fingerprint density at radius 3 is 2.32 bits per heavy atom. The third kappa shape index (κ3) is 6.32. The van der Waals surface area contributed by atoms with E-state index in [2.05, 4.69) is 4.98 Å². The maximum absolute atomic E-state index is 15.5. The molecule has 18 heteroatoms. The lowest BCUT2D eigenvalue weighted by atomic mass is 9.44. The van der Waals surface area contributed by atoms with Crippen molar-refractivity contribution in [2.45, 2.75) is 110 Å². The lowest BCUT2D eigenvalue weighted by Crippen LogP contribution is -2.82. The molecule has 1 aromatic heterocycles. The van der Waals surface area contributed by atoms with Gasteiger partial charge in [-0.25, -0.2) is 19.1 Å². The van der Waals surface area contributed by atoms with Gasteiger partial charge in [-0.15, -0.1) is 0 Å². The highest BCUT2D eigenvalue weighted by Crippen LogP contribution is 2.64. The van der Waals surface area contributed by atoms with Gasteiger partial charge in [0.1, 0.15) is 43.3 Å². The van der Waals surface area contributed by atoms with Crippen molar-refractivity contribution in [1.82, 2.24) is 9.55 Å². The fraction of sp³-hybridized carbons (Fsp3) is 0.579. The molecular weight excluding hydrogens is 738 g/mol. The Morgan fingerprint density at radius 2 is 1.73 bits per heavy atom. The summed E-state index contributed by atoms with van der Waals surface area (Å²) >= 11 is 0. The van der Waals surface area contributed by atoms with Gasteiger partial charge in [-0.3, -0.25) is 14.4 Å². The first-order valence-electron chi connectivity index (χ1n) is 18.1. The number of aliphatic hydroxyl groups excluding tert-OH is 1. The summed E-state index contributed by atoms with van der Waals surface area (Å²) in [6.45, 7) is 8.89. The zero-order chi connectivity index (χ0) is 41.1. The summed E-state index contributed by atoms with van der Waals surface area (Å²) in [5.74, 6) is -5.09. The minimum absolute atomic E-state index is 0.0477. The predicted octanol–water partition coefficient (Wildman–Crippen LogP) is 2.93. The number of carbonyl (C=O) groups excluding carboxylic acids is 5. The molecule has 2 aromatic rings. The zero-order valence-electron chi connectivity index (χ0n) is 32.0. The number of carbonyl (C=O) groups is 5. The van der Waals surface area contributed by atoms with Crippen molar-refractivity contribution in [1.29, 1.82) is 0 Å². The quantitative estimate of drug-likeness (QED) is 0.122. The van der Waals surface area contributed by atoms with E-state index in [9.17, 15) is 39.5 Å². The molecule has 1 unspecified atom stereocenters. The molecule has 1 aliphatic heterocycles. The Hall–Kier alpha value is -5.20. The van der Waals surface area contributed by atoms with Crippen LogP contribution in [-0.2, 0) is 49.3 Å². The van der Waals surface area contributed by atoms with Crippen molar-refractivity contribution in [3.05, 3.63) is 69.2 Å². The van der Waals surface area contributed by atoms with Gasteiger partial charge in [-0.05, 0) is 42.0 Å². The lowest BCUT2D eigenvalue weighted by molar-refractivity contribution is -0.392. The highest BCUT2D eigenvalue weighted by atomic mass is 16.7. The van der Waals surface area contributed by atoms with E-state index in [1.807, 2.05) is 0 Å². The number of rotatable bonds is 9. The molecule has 0 spiro atoms. The van der Waals surface area contributed by atoms with Gasteiger partial charge in [-0.1, -0.05) is 32.0 Å². The van der Waals surface area contributed by atoms with Crippen LogP contribution in [0.3, 0.4) is 0 Å². The largest absolute Gasteiger partial charge is 0.508 e. The number of hydrogen-bond acceptors (Lipinski definition) is 16. The summed E-state index contributed by atoms with van der Waals surface area (Å²) in [7, 11) is 0. The molecule has 2 saturated carbocycles. The number of fused-ring (bicyclic) bond motifs is 5. The summed E-state index contributed by atoms with van der Waals surface area (Å²) in [4.78, 5) is 83.7. The van der Waals surface area contributed by atoms with Crippen LogP contribution < -0.4 is 0 Å². The molecule has 6 rings (SSSR count). The molecule has 0 radical (unpaired) electrons. The van der Waals surface area contributed by atoms with Crippen molar-refractivity contribution < 1.29 is 67.5 Å². The van der Waals surface area contributed by atoms with Gasteiger partial charge in [0, 0.05) is 39.0 Å². The Labute approximate surface area is 321 Å². The molecular formula is C38H45N3O15. The van der Waals surface area contributed by atoms with E-state index in [1.54, 1.807) is 32.0 Å². The molecule has 1 saturated heterocycles. The molecule has 302 valence electrons. The van der Waals surface area contributed by atoms with Crippen LogP contribution in [0.4, 0.5) is 10.6 Å². The SMILES string of the molecule is CC(=O)OC1C(=O)[C@]2(C)[C@@H](OC(=O)OCCn3c([N+](=O)[O-])cnc3C)C[C@H]3OC[C@@]3(OC(C)=O)[C@H]2[C@H](OC(=O)c2ccccc2)[C@]2(O)C[C@H](O)C(C)=C1C2(C)C. The molecule has 1 aromatic carbocycles. The number of aliphatic hydroxyl groups is 2. The van der Waals surface area contributed by atoms with Gasteiger partial charge in [0.2, 0.25) is 0 Å². The number of nitrogens with zero attached hydrogens (tertiary/aromatic N) is 3. The third-order valence-electron chi connectivity index (χ3n) is 12.2. The van der Waals surface area contributed by atoms with Crippen molar-refractivity contribution in [2.75, 3.05) is 13.2 Å². The first kappa shape index (κ1) is 40.5. The van der Waals surface area contributed by atoms with Crippen LogP contribution in [0.1, 0.15) is 70.6 Å². The normalized spacial score (nSPS) is 33.0. The number of Topliss-reactive ketones (excluding diaryl/α,β-unsaturated/α-hetero) is 1. The maximum atomic E-state index is 15.5. The van der Waals surface area contributed by atoms with Crippen molar-refractivity contribution in [3.63, 3.8) is 0 Å². The van der Waals surface area contributed by atoms with E-state index in [4.69, 9.17) is 28.4 Å². The van der Waals surface area contributed by atoms with E-state index in [0.29, 0.717) is 0 Å². The van der Waals surface area contributed by atoms with Crippen molar-refractivity contribution in [3.8, 4) is 0 Å². The number of benzene rings is 1. The monoisotopic (exact) mass is 783 g/mol. The minimum Gasteiger partial charge on any atom is -0.455 e. The fourth-order valence-corrected chi connectivity index (χ4v) is 9.30. The second-order valence-corrected chi connectivity index (χ2v) is 15.5. The summed E-state index contributed by atoms with van der Waals surface area (Å²) in [6, 6.07) is 7.83. The van der Waals surface area contributed by atoms with Crippen LogP contribution in [-0.4, -0.2) is 109 Å². The summed E-state index contributed by atoms with van der Waals surface area (Å²) < 4.78 is 36.6. The Balaban J connectivity index is 1.52. The first-order chi connectivity index (χ1) is 26.2. The molecule has 2 bridgehead atoms. The second-order valence-electron chi connectivity index (χ2n) is 15.5. The lowest BCUT2D eigenvalue weighted by Gasteiger charge is -2.67. The zero-order valence-corrected chi connectivity index (χ0v) is 32.0. The number of hydrogen-bond donors (Lipinski definition) is 2. The molecule has 9 atom stereocenters. The molecule has 2 heterocycles. The Morgan fingerprint density at radius 1 is 1.05 bits per heavy atom. The summed E-state index contributed by atoms with van der Waals surface area (Å²) in [5.41, 5.74) is -7.40. The van der Waals surface area contributed by atoms with Crippen molar-refractivity contribution in [2.24, 2.45) is 16.7 Å². The minimum atomic E-state index is -2.27. The van der Waals surface area contributed by atoms with Gasteiger partial charge < -0.3 is 48.7 Å².